The molecule has 14 heavy (non-hydrogen) atoms. The number of hydrogen-bond donors (Lipinski definition) is 3. The molecule has 0 radical (unpaired) electrons. The van der Waals surface area contributed by atoms with E-state index in [0.717, 1.165) is 6.07 Å². The van der Waals surface area contributed by atoms with E-state index in [4.69, 9.17) is 10.3 Å². The predicted molar refractivity (Wildman–Crippen MR) is 46.7 cm³/mol. The standard InChI is InChI=1S/C9H10FNO3/c1-5-2-8(10)6(4-11-14)3-7(5)9(12)13/h2-3,11,14H,4H2,1H3,(H,12,13). The highest BCUT2D eigenvalue weighted by molar-refractivity contribution is 5.89. The zero-order valence-corrected chi connectivity index (χ0v) is 7.54. The zero-order valence-electron chi connectivity index (χ0n) is 7.54. The third-order valence-corrected chi connectivity index (χ3v) is 1.89. The first kappa shape index (κ1) is 10.6. The van der Waals surface area contributed by atoms with Gasteiger partial charge in [-0.1, -0.05) is 0 Å². The minimum Gasteiger partial charge on any atom is -0.478 e. The van der Waals surface area contributed by atoms with E-state index in [1.54, 1.807) is 5.48 Å². The average Bonchev–Trinajstić information content (AvgIpc) is 2.09. The molecule has 0 saturated heterocycles. The maximum atomic E-state index is 13.1. The summed E-state index contributed by atoms with van der Waals surface area (Å²) in [5, 5.41) is 17.1. The van der Waals surface area contributed by atoms with Gasteiger partial charge >= 0.3 is 5.97 Å². The van der Waals surface area contributed by atoms with Crippen LogP contribution in [0.4, 0.5) is 4.39 Å². The van der Waals surface area contributed by atoms with Gasteiger partial charge in [0.25, 0.3) is 0 Å². The summed E-state index contributed by atoms with van der Waals surface area (Å²) in [6, 6.07) is 2.34. The number of aryl methyl sites for hydroxylation is 1. The van der Waals surface area contributed by atoms with Gasteiger partial charge in [0.2, 0.25) is 0 Å². The van der Waals surface area contributed by atoms with E-state index in [9.17, 15) is 9.18 Å². The number of carboxylic acid groups (broad SMARTS) is 1. The number of carbonyl (C=O) groups is 1. The Balaban J connectivity index is 3.20. The normalized spacial score (nSPS) is 10.2. The molecule has 1 aromatic rings. The summed E-state index contributed by atoms with van der Waals surface area (Å²) in [6.45, 7) is 1.40. The van der Waals surface area contributed by atoms with E-state index in [0.29, 0.717) is 5.56 Å². The molecule has 0 saturated carbocycles. The van der Waals surface area contributed by atoms with Gasteiger partial charge in [-0.25, -0.2) is 14.7 Å². The van der Waals surface area contributed by atoms with Gasteiger partial charge in [0, 0.05) is 12.1 Å². The number of rotatable bonds is 3. The van der Waals surface area contributed by atoms with E-state index < -0.39 is 11.8 Å². The average molecular weight is 199 g/mol. The highest BCUT2D eigenvalue weighted by Gasteiger charge is 2.11. The predicted octanol–water partition coefficient (Wildman–Crippen LogP) is 1.31. The van der Waals surface area contributed by atoms with Crippen molar-refractivity contribution in [3.63, 3.8) is 0 Å². The van der Waals surface area contributed by atoms with Crippen LogP contribution >= 0.6 is 0 Å². The lowest BCUT2D eigenvalue weighted by Crippen LogP contribution is -2.10. The van der Waals surface area contributed by atoms with Crippen molar-refractivity contribution in [3.8, 4) is 0 Å². The van der Waals surface area contributed by atoms with E-state index in [2.05, 4.69) is 0 Å². The van der Waals surface area contributed by atoms with Crippen molar-refractivity contribution >= 4 is 5.97 Å². The third kappa shape index (κ3) is 2.07. The molecule has 0 bridgehead atoms. The van der Waals surface area contributed by atoms with E-state index in [1.165, 1.54) is 13.0 Å². The van der Waals surface area contributed by atoms with Crippen molar-refractivity contribution < 1.29 is 19.5 Å². The van der Waals surface area contributed by atoms with Gasteiger partial charge in [-0.05, 0) is 24.6 Å². The first-order valence-corrected chi connectivity index (χ1v) is 3.95. The van der Waals surface area contributed by atoms with Crippen LogP contribution in [0.3, 0.4) is 0 Å². The molecule has 0 amide bonds. The number of benzene rings is 1. The summed E-state index contributed by atoms with van der Waals surface area (Å²) in [4.78, 5) is 10.7. The van der Waals surface area contributed by atoms with Crippen molar-refractivity contribution in [3.05, 3.63) is 34.6 Å². The topological polar surface area (TPSA) is 69.6 Å². The van der Waals surface area contributed by atoms with E-state index in [-0.39, 0.29) is 17.7 Å². The minimum atomic E-state index is -1.11. The molecule has 0 aliphatic rings. The molecule has 3 N–H and O–H groups in total. The van der Waals surface area contributed by atoms with Crippen LogP contribution in [0.25, 0.3) is 0 Å². The molecule has 1 rings (SSSR count). The number of nitrogens with one attached hydrogen (secondary N) is 1. The first-order valence-electron chi connectivity index (χ1n) is 3.95. The van der Waals surface area contributed by atoms with Gasteiger partial charge in [-0.3, -0.25) is 0 Å². The first-order chi connectivity index (χ1) is 6.56. The summed E-state index contributed by atoms with van der Waals surface area (Å²) in [6.07, 6.45) is 0. The number of hydrogen-bond acceptors (Lipinski definition) is 3. The Bertz CT molecular complexity index is 365. The summed E-state index contributed by atoms with van der Waals surface area (Å²) in [5.41, 5.74) is 2.29. The van der Waals surface area contributed by atoms with Crippen molar-refractivity contribution in [1.29, 1.82) is 0 Å². The monoisotopic (exact) mass is 199 g/mol. The van der Waals surface area contributed by atoms with Gasteiger partial charge in [0.05, 0.1) is 5.56 Å². The maximum absolute atomic E-state index is 13.1. The molecule has 0 heterocycles. The van der Waals surface area contributed by atoms with Gasteiger partial charge in [0.15, 0.2) is 0 Å². The smallest absolute Gasteiger partial charge is 0.335 e. The molecule has 0 aromatic heterocycles. The van der Waals surface area contributed by atoms with Crippen molar-refractivity contribution in [2.45, 2.75) is 13.5 Å². The molecule has 0 aliphatic heterocycles. The van der Waals surface area contributed by atoms with Crippen LogP contribution in [0.1, 0.15) is 21.5 Å². The second-order valence-electron chi connectivity index (χ2n) is 2.90. The Morgan fingerprint density at radius 3 is 2.71 bits per heavy atom. The number of halogens is 1. The Kier molecular flexibility index (Phi) is 3.16. The van der Waals surface area contributed by atoms with Gasteiger partial charge in [-0.15, -0.1) is 0 Å². The fourth-order valence-corrected chi connectivity index (χ4v) is 1.17. The summed E-state index contributed by atoms with van der Waals surface area (Å²) in [7, 11) is 0. The maximum Gasteiger partial charge on any atom is 0.335 e. The summed E-state index contributed by atoms with van der Waals surface area (Å²) < 4.78 is 13.1. The molecule has 0 atom stereocenters. The second kappa shape index (κ2) is 4.17. The Hall–Kier alpha value is -1.46. The minimum absolute atomic E-state index is 0.0386. The van der Waals surface area contributed by atoms with E-state index in [1.807, 2.05) is 0 Å². The van der Waals surface area contributed by atoms with Crippen molar-refractivity contribution in [2.24, 2.45) is 0 Å². The molecule has 1 aromatic carbocycles. The lowest BCUT2D eigenvalue weighted by molar-refractivity contribution is 0.0695. The van der Waals surface area contributed by atoms with E-state index >= 15 is 0 Å². The van der Waals surface area contributed by atoms with Crippen LogP contribution in [0.15, 0.2) is 12.1 Å². The van der Waals surface area contributed by atoms with Crippen LogP contribution < -0.4 is 5.48 Å². The molecule has 4 nitrogen and oxygen atoms in total. The highest BCUT2D eigenvalue weighted by atomic mass is 19.1. The lowest BCUT2D eigenvalue weighted by Gasteiger charge is -2.06. The van der Waals surface area contributed by atoms with Gasteiger partial charge in [-0.2, -0.15) is 0 Å². The largest absolute Gasteiger partial charge is 0.478 e. The van der Waals surface area contributed by atoms with Crippen LogP contribution in [-0.2, 0) is 6.54 Å². The molecule has 5 heteroatoms. The molecule has 0 aliphatic carbocycles. The SMILES string of the molecule is Cc1cc(F)c(CNO)cc1C(=O)O. The number of hydroxylamine groups is 1. The fourth-order valence-electron chi connectivity index (χ4n) is 1.17. The van der Waals surface area contributed by atoms with Gasteiger partial charge < -0.3 is 10.3 Å². The molecule has 0 unspecified atom stereocenters. The van der Waals surface area contributed by atoms with Crippen LogP contribution in [0.5, 0.6) is 0 Å². The second-order valence-corrected chi connectivity index (χ2v) is 2.90. The third-order valence-electron chi connectivity index (χ3n) is 1.89. The Labute approximate surface area is 79.9 Å². The van der Waals surface area contributed by atoms with Crippen molar-refractivity contribution in [2.75, 3.05) is 0 Å². The van der Waals surface area contributed by atoms with Gasteiger partial charge in [0.1, 0.15) is 5.82 Å². The number of aromatic carboxylic acids is 1. The lowest BCUT2D eigenvalue weighted by atomic mass is 10.0. The molecule has 0 fully saturated rings. The molecule has 76 valence electrons. The van der Waals surface area contributed by atoms with Crippen molar-refractivity contribution in [1.82, 2.24) is 5.48 Å². The Morgan fingerprint density at radius 2 is 2.21 bits per heavy atom. The Morgan fingerprint density at radius 1 is 1.57 bits per heavy atom. The fraction of sp³-hybridized carbons (Fsp3) is 0.222. The van der Waals surface area contributed by atoms with Crippen LogP contribution in [0, 0.1) is 12.7 Å². The number of carboxylic acids is 1. The van der Waals surface area contributed by atoms with Crippen LogP contribution in [-0.4, -0.2) is 16.3 Å². The zero-order chi connectivity index (χ0) is 10.7. The van der Waals surface area contributed by atoms with Crippen LogP contribution in [0.2, 0.25) is 0 Å². The highest BCUT2D eigenvalue weighted by Crippen LogP contribution is 2.15. The molecule has 0 spiro atoms. The molecular formula is C9H10FNO3. The summed E-state index contributed by atoms with van der Waals surface area (Å²) >= 11 is 0. The summed E-state index contributed by atoms with van der Waals surface area (Å²) in [5.74, 6) is -1.64. The quantitative estimate of drug-likeness (QED) is 0.642. The molecular weight excluding hydrogens is 189 g/mol.